The fourth-order valence-electron chi connectivity index (χ4n) is 2.17. The van der Waals surface area contributed by atoms with Crippen molar-refractivity contribution < 1.29 is 4.79 Å². The maximum atomic E-state index is 12.0. The minimum Gasteiger partial charge on any atom is -0.376 e. The van der Waals surface area contributed by atoms with E-state index in [4.69, 9.17) is 0 Å². The summed E-state index contributed by atoms with van der Waals surface area (Å²) >= 11 is 3.39. The molecule has 0 unspecified atom stereocenters. The smallest absolute Gasteiger partial charge is 0.239 e. The van der Waals surface area contributed by atoms with E-state index >= 15 is 0 Å². The Bertz CT molecular complexity index is 608. The summed E-state index contributed by atoms with van der Waals surface area (Å²) in [5.74, 6) is -0.0185. The van der Waals surface area contributed by atoms with Gasteiger partial charge in [0.15, 0.2) is 0 Å². The maximum absolute atomic E-state index is 12.0. The summed E-state index contributed by atoms with van der Waals surface area (Å²) in [5, 5.41) is 6.12. The van der Waals surface area contributed by atoms with Crippen LogP contribution >= 0.6 is 15.9 Å². The van der Waals surface area contributed by atoms with E-state index in [1.165, 1.54) is 5.56 Å². The van der Waals surface area contributed by atoms with Gasteiger partial charge in [-0.15, -0.1) is 0 Å². The molecule has 2 aromatic carbocycles. The molecule has 0 bridgehead atoms. The molecule has 0 heterocycles. The van der Waals surface area contributed by atoms with Crippen molar-refractivity contribution in [3.63, 3.8) is 0 Å². The average molecular weight is 361 g/mol. The lowest BCUT2D eigenvalue weighted by Crippen LogP contribution is -2.32. The minimum atomic E-state index is -0.0185. The van der Waals surface area contributed by atoms with Gasteiger partial charge in [-0.3, -0.25) is 4.79 Å². The molecular formula is C18H21BrN2O. The first-order valence-electron chi connectivity index (χ1n) is 7.46. The predicted octanol–water partition coefficient (Wildman–Crippen LogP) is 4.30. The van der Waals surface area contributed by atoms with Crippen LogP contribution in [0.2, 0.25) is 0 Å². The van der Waals surface area contributed by atoms with Crippen LogP contribution in [0.5, 0.6) is 0 Å². The molecule has 0 spiro atoms. The molecule has 2 rings (SSSR count). The zero-order valence-corrected chi connectivity index (χ0v) is 14.5. The molecule has 0 radical (unpaired) electrons. The van der Waals surface area contributed by atoms with Crippen LogP contribution in [-0.2, 0) is 11.2 Å². The molecule has 0 saturated carbocycles. The molecule has 22 heavy (non-hydrogen) atoms. The monoisotopic (exact) mass is 360 g/mol. The van der Waals surface area contributed by atoms with Crippen LogP contribution in [0.4, 0.5) is 5.69 Å². The molecule has 0 aliphatic rings. The van der Waals surface area contributed by atoms with E-state index in [1.807, 2.05) is 31.2 Å². The van der Waals surface area contributed by atoms with Crippen molar-refractivity contribution in [1.29, 1.82) is 0 Å². The van der Waals surface area contributed by atoms with Crippen LogP contribution in [0.3, 0.4) is 0 Å². The highest BCUT2D eigenvalue weighted by Gasteiger charge is 2.09. The summed E-state index contributed by atoms with van der Waals surface area (Å²) in [6.45, 7) is 4.39. The number of halogens is 1. The number of aryl methyl sites for hydroxylation is 1. The summed E-state index contributed by atoms with van der Waals surface area (Å²) in [6, 6.07) is 16.1. The number of benzene rings is 2. The van der Waals surface area contributed by atoms with Gasteiger partial charge in [-0.25, -0.2) is 0 Å². The second kappa shape index (κ2) is 7.99. The zero-order chi connectivity index (χ0) is 15.9. The lowest BCUT2D eigenvalue weighted by Gasteiger charge is -2.15. The fourth-order valence-corrected chi connectivity index (χ4v) is 2.43. The number of carbonyl (C=O) groups is 1. The van der Waals surface area contributed by atoms with Crippen LogP contribution in [-0.4, -0.2) is 12.5 Å². The quantitative estimate of drug-likeness (QED) is 0.806. The van der Waals surface area contributed by atoms with E-state index in [0.717, 1.165) is 22.1 Å². The van der Waals surface area contributed by atoms with Crippen molar-refractivity contribution in [2.45, 2.75) is 26.3 Å². The summed E-state index contributed by atoms with van der Waals surface area (Å²) < 4.78 is 1.02. The Labute approximate surface area is 140 Å². The van der Waals surface area contributed by atoms with Gasteiger partial charge in [0, 0.05) is 10.2 Å². The number of amides is 1. The minimum absolute atomic E-state index is 0.00474. The second-order valence-corrected chi connectivity index (χ2v) is 6.16. The van der Waals surface area contributed by atoms with Gasteiger partial charge in [-0.2, -0.15) is 0 Å². The Morgan fingerprint density at radius 2 is 1.73 bits per heavy atom. The van der Waals surface area contributed by atoms with Crippen LogP contribution in [0, 0.1) is 0 Å². The molecule has 2 N–H and O–H groups in total. The fraction of sp³-hybridized carbons (Fsp3) is 0.278. The highest BCUT2D eigenvalue weighted by Crippen LogP contribution is 2.15. The van der Waals surface area contributed by atoms with Gasteiger partial charge in [0.25, 0.3) is 0 Å². The number of carbonyl (C=O) groups excluding carboxylic acids is 1. The number of anilines is 1. The predicted molar refractivity (Wildman–Crippen MR) is 95.0 cm³/mol. The molecule has 3 nitrogen and oxygen atoms in total. The lowest BCUT2D eigenvalue weighted by atomic mass is 10.1. The normalized spacial score (nSPS) is 11.8. The van der Waals surface area contributed by atoms with Crippen molar-refractivity contribution in [2.75, 3.05) is 11.9 Å². The van der Waals surface area contributed by atoms with E-state index in [1.54, 1.807) is 0 Å². The van der Waals surface area contributed by atoms with Gasteiger partial charge in [-0.05, 0) is 48.7 Å². The Hall–Kier alpha value is -1.81. The SMILES string of the molecule is CCc1ccc([C@H](C)NC(=O)CNc2ccc(Br)cc2)cc1. The first-order valence-corrected chi connectivity index (χ1v) is 8.25. The first-order chi connectivity index (χ1) is 10.6. The molecule has 0 aliphatic heterocycles. The average Bonchev–Trinajstić information content (AvgIpc) is 2.54. The standard InChI is InChI=1S/C18H21BrN2O/c1-3-14-4-6-15(7-5-14)13(2)21-18(22)12-20-17-10-8-16(19)9-11-17/h4-11,13,20H,3,12H2,1-2H3,(H,21,22)/t13-/m0/s1. The van der Waals surface area contributed by atoms with E-state index in [0.29, 0.717) is 0 Å². The van der Waals surface area contributed by atoms with Crippen molar-refractivity contribution in [2.24, 2.45) is 0 Å². The van der Waals surface area contributed by atoms with Gasteiger partial charge in [0.1, 0.15) is 0 Å². The number of hydrogen-bond acceptors (Lipinski definition) is 2. The Kier molecular flexibility index (Phi) is 6.01. The molecule has 0 saturated heterocycles. The van der Waals surface area contributed by atoms with Crippen LogP contribution in [0.1, 0.15) is 31.0 Å². The molecule has 4 heteroatoms. The molecule has 0 fully saturated rings. The number of nitrogens with one attached hydrogen (secondary N) is 2. The molecule has 1 amide bonds. The summed E-state index contributed by atoms with van der Waals surface area (Å²) in [7, 11) is 0. The van der Waals surface area contributed by atoms with Gasteiger partial charge in [0.05, 0.1) is 12.6 Å². The summed E-state index contributed by atoms with van der Waals surface area (Å²) in [6.07, 6.45) is 1.03. The molecule has 116 valence electrons. The molecule has 2 aromatic rings. The van der Waals surface area contributed by atoms with Crippen molar-refractivity contribution in [1.82, 2.24) is 5.32 Å². The zero-order valence-electron chi connectivity index (χ0n) is 12.9. The van der Waals surface area contributed by atoms with Crippen LogP contribution in [0.25, 0.3) is 0 Å². The highest BCUT2D eigenvalue weighted by atomic mass is 79.9. The van der Waals surface area contributed by atoms with Gasteiger partial charge >= 0.3 is 0 Å². The van der Waals surface area contributed by atoms with Crippen molar-refractivity contribution in [3.8, 4) is 0 Å². The third kappa shape index (κ3) is 4.88. The highest BCUT2D eigenvalue weighted by molar-refractivity contribution is 9.10. The van der Waals surface area contributed by atoms with Crippen molar-refractivity contribution >= 4 is 27.5 Å². The molecular weight excluding hydrogens is 340 g/mol. The van der Waals surface area contributed by atoms with Gasteiger partial charge in [0.2, 0.25) is 5.91 Å². The van der Waals surface area contributed by atoms with Crippen LogP contribution in [0.15, 0.2) is 53.0 Å². The molecule has 0 aromatic heterocycles. The molecule has 1 atom stereocenters. The third-order valence-corrected chi connectivity index (χ3v) is 4.09. The van der Waals surface area contributed by atoms with Gasteiger partial charge < -0.3 is 10.6 Å². The Morgan fingerprint density at radius 1 is 1.09 bits per heavy atom. The number of rotatable bonds is 6. The van der Waals surface area contributed by atoms with Gasteiger partial charge in [-0.1, -0.05) is 47.1 Å². The summed E-state index contributed by atoms with van der Waals surface area (Å²) in [5.41, 5.74) is 3.35. The first kappa shape index (κ1) is 16.6. The maximum Gasteiger partial charge on any atom is 0.239 e. The molecule has 0 aliphatic carbocycles. The van der Waals surface area contributed by atoms with E-state index in [9.17, 15) is 4.79 Å². The largest absolute Gasteiger partial charge is 0.376 e. The van der Waals surface area contributed by atoms with Crippen molar-refractivity contribution in [3.05, 3.63) is 64.1 Å². The third-order valence-electron chi connectivity index (χ3n) is 3.56. The van der Waals surface area contributed by atoms with E-state index < -0.39 is 0 Å². The van der Waals surface area contributed by atoms with E-state index in [-0.39, 0.29) is 18.5 Å². The Balaban J connectivity index is 1.83. The van der Waals surface area contributed by atoms with E-state index in [2.05, 4.69) is 57.8 Å². The summed E-state index contributed by atoms with van der Waals surface area (Å²) in [4.78, 5) is 12.0. The lowest BCUT2D eigenvalue weighted by molar-refractivity contribution is -0.120. The Morgan fingerprint density at radius 3 is 2.32 bits per heavy atom. The van der Waals surface area contributed by atoms with Crippen LogP contribution < -0.4 is 10.6 Å². The second-order valence-electron chi connectivity index (χ2n) is 5.24. The topological polar surface area (TPSA) is 41.1 Å². The number of hydrogen-bond donors (Lipinski definition) is 2.